The van der Waals surface area contributed by atoms with Gasteiger partial charge in [-0.2, -0.15) is 0 Å². The van der Waals surface area contributed by atoms with Crippen molar-refractivity contribution in [3.63, 3.8) is 0 Å². The molecule has 0 unspecified atom stereocenters. The summed E-state index contributed by atoms with van der Waals surface area (Å²) >= 11 is -1.89. The maximum atomic E-state index is 4.59. The van der Waals surface area contributed by atoms with Crippen molar-refractivity contribution in [1.82, 2.24) is 9.55 Å². The molecule has 0 atom stereocenters. The molecule has 0 aliphatic rings. The van der Waals surface area contributed by atoms with Crippen LogP contribution in [0.3, 0.4) is 0 Å². The molecule has 4 heteroatoms. The van der Waals surface area contributed by atoms with Crippen LogP contribution in [-0.4, -0.2) is 9.55 Å². The van der Waals surface area contributed by atoms with Crippen LogP contribution in [0.4, 0.5) is 17.1 Å². The van der Waals surface area contributed by atoms with E-state index < -0.39 is 19.8 Å². The number of hydrogen-bond acceptors (Lipinski definition) is 2. The van der Waals surface area contributed by atoms with Gasteiger partial charge in [-0.25, -0.2) is 0 Å². The fraction of sp³-hybridized carbons (Fsp3) is 0. The quantitative estimate of drug-likeness (QED) is 0.135. The van der Waals surface area contributed by atoms with Crippen molar-refractivity contribution in [2.45, 2.75) is 0 Å². The van der Waals surface area contributed by atoms with Gasteiger partial charge in [-0.05, 0) is 18.2 Å². The summed E-state index contributed by atoms with van der Waals surface area (Å²) in [7, 11) is 0. The van der Waals surface area contributed by atoms with Gasteiger partial charge in [-0.15, -0.1) is 0 Å². The van der Waals surface area contributed by atoms with Crippen LogP contribution in [0.25, 0.3) is 49.9 Å². The summed E-state index contributed by atoms with van der Waals surface area (Å²) < 4.78 is 6.64. The molecule has 8 aromatic carbocycles. The second kappa shape index (κ2) is 15.4. The first kappa shape index (κ1) is 34.7. The van der Waals surface area contributed by atoms with E-state index in [4.69, 9.17) is 0 Å². The zero-order valence-corrected chi connectivity index (χ0v) is 33.3. The average Bonchev–Trinajstić information content (AvgIpc) is 3.63. The van der Waals surface area contributed by atoms with Gasteiger partial charge in [0.05, 0.1) is 11.0 Å². The molecule has 2 heterocycles. The van der Waals surface area contributed by atoms with Crippen molar-refractivity contribution in [1.29, 1.82) is 0 Å². The second-order valence-electron chi connectivity index (χ2n) is 13.9. The zero-order valence-electron chi connectivity index (χ0n) is 31.2. The third kappa shape index (κ3) is 6.79. The van der Waals surface area contributed by atoms with E-state index in [0.29, 0.717) is 0 Å². The Hall–Kier alpha value is -6.76. The number of halogens is 1. The zero-order chi connectivity index (χ0) is 38.0. The fourth-order valence-electron chi connectivity index (χ4n) is 7.74. The Morgan fingerprint density at radius 3 is 1.28 bits per heavy atom. The van der Waals surface area contributed by atoms with E-state index in [0.717, 1.165) is 34.0 Å². The number of rotatable bonds is 9. The fourth-order valence-corrected chi connectivity index (χ4v) is 13.2. The predicted octanol–water partition coefficient (Wildman–Crippen LogP) is 14.4. The van der Waals surface area contributed by atoms with Gasteiger partial charge < -0.3 is 4.57 Å². The molecule has 3 nitrogen and oxygen atoms in total. The van der Waals surface area contributed by atoms with Crippen LogP contribution in [0.2, 0.25) is 0 Å². The van der Waals surface area contributed by atoms with Gasteiger partial charge in [0.25, 0.3) is 0 Å². The number of anilines is 3. The summed E-state index contributed by atoms with van der Waals surface area (Å²) in [4.78, 5) is 6.94. The number of benzene rings is 8. The van der Waals surface area contributed by atoms with Crippen molar-refractivity contribution in [2.75, 3.05) is 4.90 Å². The molecule has 0 aliphatic carbocycles. The monoisotopic (exact) mass is 843 g/mol. The molecular formula is C53H38IN3. The molecule has 0 amide bonds. The Labute approximate surface area is 340 Å². The third-order valence-electron chi connectivity index (χ3n) is 10.5. The maximum absolute atomic E-state index is 4.59. The Kier molecular flexibility index (Phi) is 9.38. The Bertz CT molecular complexity index is 2810. The van der Waals surface area contributed by atoms with E-state index in [2.05, 4.69) is 227 Å². The number of para-hydroxylation sites is 2. The first-order valence-corrected chi connectivity index (χ1v) is 22.4. The predicted molar refractivity (Wildman–Crippen MR) is 247 cm³/mol. The molecular weight excluding hydrogens is 806 g/mol. The number of pyridine rings is 1. The van der Waals surface area contributed by atoms with Gasteiger partial charge in [0.1, 0.15) is 0 Å². The van der Waals surface area contributed by atoms with E-state index >= 15 is 0 Å². The van der Waals surface area contributed by atoms with Crippen LogP contribution in [0.15, 0.2) is 231 Å². The SMILES string of the molecule is c1ccc(I(c2ccccc2)c2ccc(N(c3ccc(-c4ccc(-n5c6ccccc6c6ccccc65)cc4)cc3)c3ccc(-c4ccccn4)cc3)cc2)cc1. The summed E-state index contributed by atoms with van der Waals surface area (Å²) in [5, 5.41) is 2.54. The van der Waals surface area contributed by atoms with Gasteiger partial charge in [0.15, 0.2) is 0 Å². The molecule has 0 N–H and O–H groups in total. The number of nitrogens with zero attached hydrogens (tertiary/aromatic N) is 3. The number of aromatic nitrogens is 2. The van der Waals surface area contributed by atoms with Crippen LogP contribution >= 0.6 is 19.8 Å². The van der Waals surface area contributed by atoms with Crippen LogP contribution in [0, 0.1) is 10.7 Å². The number of fused-ring (bicyclic) bond motifs is 3. The van der Waals surface area contributed by atoms with Crippen molar-refractivity contribution in [3.8, 4) is 28.1 Å². The minimum absolute atomic E-state index is 0.965. The first-order chi connectivity index (χ1) is 28.3. The van der Waals surface area contributed by atoms with E-state index in [1.807, 2.05) is 18.3 Å². The first-order valence-electron chi connectivity index (χ1n) is 19.2. The molecule has 57 heavy (non-hydrogen) atoms. The minimum atomic E-state index is -1.89. The van der Waals surface area contributed by atoms with E-state index in [1.165, 1.54) is 43.6 Å². The number of hydrogen-bond donors (Lipinski definition) is 0. The normalized spacial score (nSPS) is 11.5. The van der Waals surface area contributed by atoms with Crippen molar-refractivity contribution >= 4 is 58.7 Å². The van der Waals surface area contributed by atoms with E-state index in [1.54, 1.807) is 0 Å². The van der Waals surface area contributed by atoms with Crippen LogP contribution in [-0.2, 0) is 0 Å². The summed E-state index contributed by atoms with van der Waals surface area (Å²) in [5.74, 6) is 0. The Morgan fingerprint density at radius 2 is 0.772 bits per heavy atom. The third-order valence-corrected chi connectivity index (χ3v) is 16.4. The molecule has 272 valence electrons. The van der Waals surface area contributed by atoms with Gasteiger partial charge in [-0.1, -0.05) is 36.4 Å². The molecule has 2 aromatic heterocycles. The van der Waals surface area contributed by atoms with E-state index in [-0.39, 0.29) is 0 Å². The topological polar surface area (TPSA) is 21.1 Å². The molecule has 10 rings (SSSR count). The summed E-state index contributed by atoms with van der Waals surface area (Å²) in [6.45, 7) is 0. The van der Waals surface area contributed by atoms with Crippen molar-refractivity contribution in [2.24, 2.45) is 0 Å². The van der Waals surface area contributed by atoms with E-state index in [9.17, 15) is 0 Å². The molecule has 0 bridgehead atoms. The molecule has 0 fully saturated rings. The molecule has 10 aromatic rings. The molecule has 0 saturated carbocycles. The summed E-state index contributed by atoms with van der Waals surface area (Å²) in [6, 6.07) is 81.3. The molecule has 0 saturated heterocycles. The molecule has 0 spiro atoms. The van der Waals surface area contributed by atoms with Gasteiger partial charge in [0.2, 0.25) is 0 Å². The Morgan fingerprint density at radius 1 is 0.351 bits per heavy atom. The Balaban J connectivity index is 0.999. The average molecular weight is 844 g/mol. The van der Waals surface area contributed by atoms with Gasteiger partial charge in [-0.3, -0.25) is 0 Å². The van der Waals surface area contributed by atoms with Gasteiger partial charge >= 0.3 is 256 Å². The van der Waals surface area contributed by atoms with Crippen molar-refractivity contribution in [3.05, 3.63) is 241 Å². The van der Waals surface area contributed by atoms with Crippen LogP contribution in [0.1, 0.15) is 0 Å². The standard InChI is InChI=1S/C53H38IN3/c1-3-13-42(14-4-1)54(43-15-5-2-6-16-43)44-28-36-47(37-29-44)56(46-34-26-41(27-35-46)51-19-11-12-38-55-51)45-30-22-39(23-31-45)40-24-32-48(33-25-40)57-52-20-9-7-17-49(52)50-18-8-10-21-53(50)57/h1-38H. The molecule has 0 aliphatic heterocycles. The van der Waals surface area contributed by atoms with Crippen LogP contribution in [0.5, 0.6) is 0 Å². The summed E-state index contributed by atoms with van der Waals surface area (Å²) in [5.41, 5.74) is 11.3. The van der Waals surface area contributed by atoms with Crippen molar-refractivity contribution < 1.29 is 0 Å². The van der Waals surface area contributed by atoms with Gasteiger partial charge in [0, 0.05) is 16.5 Å². The van der Waals surface area contributed by atoms with Crippen LogP contribution < -0.4 is 4.90 Å². The molecule has 0 radical (unpaired) electrons. The second-order valence-corrected chi connectivity index (χ2v) is 19.3. The summed E-state index contributed by atoms with van der Waals surface area (Å²) in [6.07, 6.45) is 1.85.